The number of alkyl halides is 3. The van der Waals surface area contributed by atoms with Crippen LogP contribution >= 0.6 is 23.2 Å². The molecule has 6 aliphatic rings. The van der Waals surface area contributed by atoms with Gasteiger partial charge in [0.1, 0.15) is 14.1 Å². The molecule has 2 aliphatic carbocycles. The second-order valence-electron chi connectivity index (χ2n) is 26.1. The normalized spacial score (nSPS) is 19.4. The van der Waals surface area contributed by atoms with Crippen molar-refractivity contribution >= 4 is 75.0 Å². The summed E-state index contributed by atoms with van der Waals surface area (Å²) in [6.07, 6.45) is 23.6. The molecule has 0 bridgehead atoms. The number of benzene rings is 4. The summed E-state index contributed by atoms with van der Waals surface area (Å²) in [6, 6.07) is 16.6. The summed E-state index contributed by atoms with van der Waals surface area (Å²) in [6.45, 7) is 18.0. The molecule has 4 heterocycles. The lowest BCUT2D eigenvalue weighted by Gasteiger charge is -2.24. The van der Waals surface area contributed by atoms with Gasteiger partial charge in [-0.3, -0.25) is 12.9 Å². The molecule has 0 aromatic heterocycles. The Hall–Kier alpha value is -7.80. The maximum atomic E-state index is 10.7. The predicted molar refractivity (Wildman–Crippen MR) is 378 cm³/mol. The molecule has 0 unspecified atom stereocenters. The summed E-state index contributed by atoms with van der Waals surface area (Å²) in [4.78, 5) is 4.48. The van der Waals surface area contributed by atoms with Crippen molar-refractivity contribution in [3.05, 3.63) is 163 Å². The molecule has 4 aliphatic heterocycles. The number of allylic oxidation sites excluding steroid dienone is 16. The van der Waals surface area contributed by atoms with Gasteiger partial charge in [-0.2, -0.15) is 22.3 Å². The van der Waals surface area contributed by atoms with Gasteiger partial charge in [0.25, 0.3) is 0 Å². The van der Waals surface area contributed by atoms with Crippen LogP contribution in [0.5, 0.6) is 46.0 Å². The van der Waals surface area contributed by atoms with Crippen molar-refractivity contribution in [2.75, 3.05) is 94.9 Å². The molecular formula is C73H88BCl2F7N4O11S. The molecule has 4 aromatic rings. The first kappa shape index (κ1) is 80.2. The van der Waals surface area contributed by atoms with Gasteiger partial charge in [0.05, 0.1) is 79.8 Å². The van der Waals surface area contributed by atoms with Gasteiger partial charge in [0.15, 0.2) is 67.5 Å². The van der Waals surface area contributed by atoms with Crippen LogP contribution < -0.4 is 52.4 Å². The van der Waals surface area contributed by atoms with Crippen LogP contribution in [0.3, 0.4) is 0 Å². The predicted octanol–water partition coefficient (Wildman–Crippen LogP) is 14.3. The fraction of sp³-hybridized carbons (Fsp3) is 0.425. The molecule has 0 saturated carbocycles. The first-order valence-electron chi connectivity index (χ1n) is 31.5. The van der Waals surface area contributed by atoms with Crippen molar-refractivity contribution in [3.63, 3.8) is 0 Å². The molecule has 0 saturated heterocycles. The number of likely N-dealkylation sites (N-methyl/N-ethyl adjacent to an activating group) is 2. The zero-order valence-corrected chi connectivity index (χ0v) is 62.0. The molecule has 0 amide bonds. The topological polar surface area (TPSA) is 144 Å². The zero-order valence-electron chi connectivity index (χ0n) is 59.6. The third kappa shape index (κ3) is 16.0. The highest BCUT2D eigenvalue weighted by molar-refractivity contribution is 7.86. The van der Waals surface area contributed by atoms with Crippen LogP contribution in [0.15, 0.2) is 141 Å². The second-order valence-corrected chi connectivity index (χ2v) is 28.2. The van der Waals surface area contributed by atoms with Gasteiger partial charge in [-0.25, -0.2) is 8.42 Å². The highest BCUT2D eigenvalue weighted by atomic mass is 35.5. The Morgan fingerprint density at radius 2 is 0.737 bits per heavy atom. The van der Waals surface area contributed by atoms with E-state index in [-0.39, 0.29) is 26.4 Å². The van der Waals surface area contributed by atoms with Crippen LogP contribution in [0.25, 0.3) is 0 Å². The standard InChI is InChI=1S/2C36H44ClN2O4.CHF3O3S.BF3.FH/c2*1-35(2)24-18-28(40-7)30(42-9)20-26(24)38(5)32(35)16-14-22-12-11-13-23(34(22)37)15-17-33-36(3,4)25-19-29(41-8)31(43-10)21-27(25)39(33)6;2-1(3,4)8(5,6)7;2-1(3)4;/h2*14-21H,11-13H2,1-10H3;(H,5,6,7);;1H/q2*+1;;;/p-2. The van der Waals surface area contributed by atoms with Gasteiger partial charge in [0.2, 0.25) is 11.4 Å². The molecule has 26 heteroatoms. The van der Waals surface area contributed by atoms with Crippen LogP contribution in [0.1, 0.15) is 116 Å². The highest BCUT2D eigenvalue weighted by Gasteiger charge is 2.47. The van der Waals surface area contributed by atoms with E-state index in [1.165, 1.54) is 45.1 Å². The molecule has 0 atom stereocenters. The minimum absolute atomic E-state index is 0. The molecule has 0 N–H and O–H groups in total. The molecule has 0 spiro atoms. The average molecular weight is 1440 g/mol. The number of rotatable bonds is 14. The van der Waals surface area contributed by atoms with Gasteiger partial charge in [-0.15, -0.1) is 0 Å². The van der Waals surface area contributed by atoms with Gasteiger partial charge in [0, 0.05) is 93.2 Å². The van der Waals surface area contributed by atoms with Crippen LogP contribution in [-0.4, -0.2) is 132 Å². The first-order valence-corrected chi connectivity index (χ1v) is 33.6. The first-order chi connectivity index (χ1) is 45.8. The Labute approximate surface area is 588 Å². The monoisotopic (exact) mass is 1440 g/mol. The lowest BCUT2D eigenvalue weighted by molar-refractivity contribution is -0.401. The Balaban J connectivity index is 0.000000266. The number of halogens is 9. The number of fused-ring (bicyclic) bond motifs is 4. The fourth-order valence-electron chi connectivity index (χ4n) is 13.7. The Morgan fingerprint density at radius 3 is 1.01 bits per heavy atom. The molecule has 4 aromatic carbocycles. The second kappa shape index (κ2) is 31.4. The number of anilines is 2. The summed E-state index contributed by atoms with van der Waals surface area (Å²) in [7, 11) is 12.1. The lowest BCUT2D eigenvalue weighted by atomic mass is 9.81. The summed E-state index contributed by atoms with van der Waals surface area (Å²) < 4.78 is 137. The summed E-state index contributed by atoms with van der Waals surface area (Å²) in [5.74, 6) is 5.89. The number of methoxy groups -OCH3 is 8. The van der Waals surface area contributed by atoms with Crippen molar-refractivity contribution in [2.24, 2.45) is 0 Å². The Morgan fingerprint density at radius 1 is 0.475 bits per heavy atom. The minimum Gasteiger partial charge on any atom is -1.00 e. The van der Waals surface area contributed by atoms with Gasteiger partial charge in [-0.1, -0.05) is 75.2 Å². The van der Waals surface area contributed by atoms with Crippen LogP contribution in [0.2, 0.25) is 0 Å². The molecular weight excluding hydrogens is 1360 g/mol. The highest BCUT2D eigenvalue weighted by Crippen LogP contribution is 2.54. The van der Waals surface area contributed by atoms with E-state index in [0.717, 1.165) is 140 Å². The fourth-order valence-corrected chi connectivity index (χ4v) is 14.4. The third-order valence-electron chi connectivity index (χ3n) is 19.1. The van der Waals surface area contributed by atoms with E-state index >= 15 is 0 Å². The number of hydrogen-bond donors (Lipinski definition) is 0. The lowest BCUT2D eigenvalue weighted by Crippen LogP contribution is -3.00. The van der Waals surface area contributed by atoms with Gasteiger partial charge in [-0.05, 0) is 136 Å². The van der Waals surface area contributed by atoms with E-state index < -0.39 is 23.2 Å². The van der Waals surface area contributed by atoms with E-state index in [1.54, 1.807) is 56.9 Å². The maximum Gasteiger partial charge on any atom is 0.762 e. The van der Waals surface area contributed by atoms with Crippen LogP contribution in [-0.2, 0) is 31.8 Å². The van der Waals surface area contributed by atoms with E-state index in [2.05, 4.69) is 200 Å². The summed E-state index contributed by atoms with van der Waals surface area (Å²) in [5.41, 5.74) is 12.3. The molecule has 10 rings (SSSR count). The summed E-state index contributed by atoms with van der Waals surface area (Å²) >= 11 is 14.2. The van der Waals surface area contributed by atoms with Gasteiger partial charge >= 0.3 is 13.1 Å². The minimum atomic E-state index is -6.09. The molecule has 0 radical (unpaired) electrons. The number of ether oxygens (including phenoxy) is 8. The smallest absolute Gasteiger partial charge is 0.762 e. The number of hydrogen-bond acceptors (Lipinski definition) is 13. The Kier molecular flexibility index (Phi) is 25.4. The molecule has 538 valence electrons. The van der Waals surface area contributed by atoms with Crippen molar-refractivity contribution in [2.45, 2.75) is 121 Å². The van der Waals surface area contributed by atoms with E-state index in [0.29, 0.717) is 0 Å². The third-order valence-corrected chi connectivity index (χ3v) is 20.7. The van der Waals surface area contributed by atoms with Crippen molar-refractivity contribution < 1.29 is 90.8 Å². The van der Waals surface area contributed by atoms with Crippen LogP contribution in [0, 0.1) is 0 Å². The largest absolute Gasteiger partial charge is 1.00 e. The molecule has 0 fully saturated rings. The van der Waals surface area contributed by atoms with Crippen LogP contribution in [0.4, 0.5) is 48.9 Å². The number of nitrogens with zero attached hydrogens (tertiary/aromatic N) is 4. The van der Waals surface area contributed by atoms with E-state index in [1.807, 2.05) is 0 Å². The maximum absolute atomic E-state index is 10.7. The van der Waals surface area contributed by atoms with Gasteiger partial charge < -0.3 is 57.0 Å². The van der Waals surface area contributed by atoms with E-state index in [9.17, 15) is 26.1 Å². The SMILES string of the molecule is COc1cc2c(cc1OC)C(C)(C)/C(=C/C=C1CCCC(/C=C/C3=[N+](C)c4cc(OC)c(OC)cc4C3(C)C)=C1Cl)N2C.COc1cc2c(cc1OC)C(C)(C)/C(=C/C=C1CCCC(/C=C/C3=[N+](C)c4cc(OC)c(OC)cc4C3(C)C)=C1Cl)N2C.FB(F)F.O=S(=O)([O-])C(F)(F)F.[F-]. The van der Waals surface area contributed by atoms with Crippen molar-refractivity contribution in [1.29, 1.82) is 0 Å². The Bertz CT molecular complexity index is 3960. The average Bonchev–Trinajstić information content (AvgIpc) is 1.63. The molecule has 15 nitrogen and oxygen atoms in total. The van der Waals surface area contributed by atoms with E-state index in [4.69, 9.17) is 74.1 Å². The van der Waals surface area contributed by atoms with Crippen molar-refractivity contribution in [1.82, 2.24) is 0 Å². The zero-order chi connectivity index (χ0) is 73.1. The van der Waals surface area contributed by atoms with Crippen molar-refractivity contribution in [3.8, 4) is 46.0 Å². The molecule has 99 heavy (non-hydrogen) atoms. The summed E-state index contributed by atoms with van der Waals surface area (Å²) in [5, 5.41) is 1.69. The quantitative estimate of drug-likeness (QED) is 0.0389.